The summed E-state index contributed by atoms with van der Waals surface area (Å²) in [6, 6.07) is 0.945. The molecule has 4 heteroatoms. The fourth-order valence-corrected chi connectivity index (χ4v) is 3.43. The first kappa shape index (κ1) is 14.5. The molecule has 1 amide bonds. The number of piperidine rings is 1. The van der Waals surface area contributed by atoms with Crippen molar-refractivity contribution in [1.29, 1.82) is 0 Å². The molecule has 0 aliphatic carbocycles. The number of nitrogens with one attached hydrogen (secondary N) is 1. The maximum atomic E-state index is 12.2. The molecule has 0 radical (unpaired) electrons. The summed E-state index contributed by atoms with van der Waals surface area (Å²) < 4.78 is 0. The number of amides is 1. The Morgan fingerprint density at radius 3 is 2.47 bits per heavy atom. The Morgan fingerprint density at radius 2 is 2.00 bits per heavy atom. The van der Waals surface area contributed by atoms with Crippen LogP contribution in [0.25, 0.3) is 0 Å². The lowest BCUT2D eigenvalue weighted by Crippen LogP contribution is -2.46. The molecule has 1 aromatic heterocycles. The van der Waals surface area contributed by atoms with Gasteiger partial charge < -0.3 is 10.2 Å². The van der Waals surface area contributed by atoms with Crippen LogP contribution in [0.3, 0.4) is 0 Å². The lowest BCUT2D eigenvalue weighted by molar-refractivity contribution is 0.0900. The average molecular weight is 280 g/mol. The number of hydrogen-bond acceptors (Lipinski definition) is 3. The Labute approximate surface area is 120 Å². The normalized spacial score (nSPS) is 17.9. The van der Waals surface area contributed by atoms with Crippen LogP contribution in [0, 0.1) is 13.8 Å². The molecule has 1 N–H and O–H groups in total. The highest BCUT2D eigenvalue weighted by Gasteiger charge is 2.23. The third-order valence-corrected chi connectivity index (χ3v) is 5.14. The van der Waals surface area contributed by atoms with E-state index in [2.05, 4.69) is 31.0 Å². The van der Waals surface area contributed by atoms with Crippen molar-refractivity contribution in [2.24, 2.45) is 0 Å². The molecule has 1 aliphatic rings. The van der Waals surface area contributed by atoms with E-state index >= 15 is 0 Å². The summed E-state index contributed by atoms with van der Waals surface area (Å²) in [5.74, 6) is 0.102. The van der Waals surface area contributed by atoms with Gasteiger partial charge in [-0.3, -0.25) is 4.79 Å². The molecular formula is C15H24N2OS. The lowest BCUT2D eigenvalue weighted by Gasteiger charge is -2.34. The number of thiophene rings is 1. The maximum absolute atomic E-state index is 12.2. The molecule has 106 valence electrons. The van der Waals surface area contributed by atoms with Crippen LogP contribution in [0.2, 0.25) is 0 Å². The largest absolute Gasteiger partial charge is 0.349 e. The molecule has 0 aromatic carbocycles. The molecule has 0 unspecified atom stereocenters. The van der Waals surface area contributed by atoms with Crippen LogP contribution in [0.4, 0.5) is 0 Å². The van der Waals surface area contributed by atoms with Crippen molar-refractivity contribution in [1.82, 2.24) is 10.2 Å². The molecule has 0 atom stereocenters. The number of carbonyl (C=O) groups excluding carboxylic acids is 1. The van der Waals surface area contributed by atoms with Crippen LogP contribution in [0.5, 0.6) is 0 Å². The fraction of sp³-hybridized carbons (Fsp3) is 0.667. The first-order chi connectivity index (χ1) is 8.99. The summed E-state index contributed by atoms with van der Waals surface area (Å²) in [7, 11) is 0. The van der Waals surface area contributed by atoms with E-state index in [1.807, 2.05) is 12.3 Å². The van der Waals surface area contributed by atoms with Crippen LogP contribution in [-0.2, 0) is 0 Å². The zero-order valence-corrected chi connectivity index (χ0v) is 13.1. The number of likely N-dealkylation sites (tertiary alicyclic amines) is 1. The van der Waals surface area contributed by atoms with Gasteiger partial charge in [-0.2, -0.15) is 0 Å². The van der Waals surface area contributed by atoms with Crippen molar-refractivity contribution in [2.45, 2.75) is 52.6 Å². The third-order valence-electron chi connectivity index (χ3n) is 4.13. The van der Waals surface area contributed by atoms with E-state index in [4.69, 9.17) is 0 Å². The van der Waals surface area contributed by atoms with Gasteiger partial charge in [0.1, 0.15) is 0 Å². The molecule has 1 saturated heterocycles. The zero-order chi connectivity index (χ0) is 14.0. The van der Waals surface area contributed by atoms with E-state index < -0.39 is 0 Å². The van der Waals surface area contributed by atoms with Crippen molar-refractivity contribution < 1.29 is 4.79 Å². The Hall–Kier alpha value is -0.870. The van der Waals surface area contributed by atoms with Crippen LogP contribution >= 0.6 is 11.3 Å². The number of nitrogens with zero attached hydrogens (tertiary/aromatic N) is 1. The second-order valence-electron chi connectivity index (χ2n) is 5.71. The predicted molar refractivity (Wildman–Crippen MR) is 81.0 cm³/mol. The number of carbonyl (C=O) groups is 1. The van der Waals surface area contributed by atoms with E-state index in [-0.39, 0.29) is 5.91 Å². The number of aryl methyl sites for hydroxylation is 1. The van der Waals surface area contributed by atoms with Gasteiger partial charge in [-0.25, -0.2) is 0 Å². The highest BCUT2D eigenvalue weighted by molar-refractivity contribution is 7.10. The van der Waals surface area contributed by atoms with Crippen LogP contribution < -0.4 is 5.32 Å². The topological polar surface area (TPSA) is 32.3 Å². The SMILES string of the molecule is Cc1scc(C(=O)NC2CCN(C(C)C)CC2)c1C. The van der Waals surface area contributed by atoms with Gasteiger partial charge in [0.2, 0.25) is 0 Å². The molecule has 2 rings (SSSR count). The summed E-state index contributed by atoms with van der Waals surface area (Å²) in [5, 5.41) is 5.17. The smallest absolute Gasteiger partial charge is 0.252 e. The first-order valence-corrected chi connectivity index (χ1v) is 7.96. The van der Waals surface area contributed by atoms with E-state index in [1.54, 1.807) is 11.3 Å². The molecule has 19 heavy (non-hydrogen) atoms. The standard InChI is InChI=1S/C15H24N2OS/c1-10(2)17-7-5-13(6-8-17)16-15(18)14-9-19-12(4)11(14)3/h9-10,13H,5-8H2,1-4H3,(H,16,18). The minimum absolute atomic E-state index is 0.102. The van der Waals surface area contributed by atoms with Gasteiger partial charge in [0.15, 0.2) is 0 Å². The van der Waals surface area contributed by atoms with Gasteiger partial charge in [-0.1, -0.05) is 0 Å². The van der Waals surface area contributed by atoms with Gasteiger partial charge in [0.25, 0.3) is 5.91 Å². The molecule has 1 aromatic rings. The fourth-order valence-electron chi connectivity index (χ4n) is 2.56. The van der Waals surface area contributed by atoms with Crippen molar-refractivity contribution in [3.8, 4) is 0 Å². The van der Waals surface area contributed by atoms with Gasteiger partial charge in [-0.15, -0.1) is 11.3 Å². The van der Waals surface area contributed by atoms with Crippen molar-refractivity contribution in [3.05, 3.63) is 21.4 Å². The van der Waals surface area contributed by atoms with Crippen LogP contribution in [-0.4, -0.2) is 36.0 Å². The van der Waals surface area contributed by atoms with Crippen molar-refractivity contribution in [3.63, 3.8) is 0 Å². The van der Waals surface area contributed by atoms with Crippen molar-refractivity contribution >= 4 is 17.2 Å². The summed E-state index contributed by atoms with van der Waals surface area (Å²) in [4.78, 5) is 16.0. The Kier molecular flexibility index (Phi) is 4.63. The predicted octanol–water partition coefficient (Wildman–Crippen LogP) is 2.97. The first-order valence-electron chi connectivity index (χ1n) is 7.08. The molecule has 0 saturated carbocycles. The van der Waals surface area contributed by atoms with E-state index in [0.29, 0.717) is 12.1 Å². The van der Waals surface area contributed by atoms with E-state index in [1.165, 1.54) is 4.88 Å². The second kappa shape index (κ2) is 6.06. The molecular weight excluding hydrogens is 256 g/mol. The molecule has 3 nitrogen and oxygen atoms in total. The van der Waals surface area contributed by atoms with E-state index in [9.17, 15) is 4.79 Å². The lowest BCUT2D eigenvalue weighted by atomic mass is 10.0. The minimum atomic E-state index is 0.102. The molecule has 2 heterocycles. The molecule has 0 bridgehead atoms. The Morgan fingerprint density at radius 1 is 1.37 bits per heavy atom. The van der Waals surface area contributed by atoms with Crippen molar-refractivity contribution in [2.75, 3.05) is 13.1 Å². The molecule has 1 fully saturated rings. The Balaban J connectivity index is 1.89. The summed E-state index contributed by atoms with van der Waals surface area (Å²) in [6.45, 7) is 10.7. The molecule has 1 aliphatic heterocycles. The van der Waals surface area contributed by atoms with E-state index in [0.717, 1.165) is 37.1 Å². The van der Waals surface area contributed by atoms with Crippen LogP contribution in [0.1, 0.15) is 47.5 Å². The van der Waals surface area contributed by atoms with Crippen LogP contribution in [0.15, 0.2) is 5.38 Å². The number of hydrogen-bond donors (Lipinski definition) is 1. The Bertz CT molecular complexity index is 445. The van der Waals surface area contributed by atoms with Gasteiger partial charge >= 0.3 is 0 Å². The monoisotopic (exact) mass is 280 g/mol. The van der Waals surface area contributed by atoms with Gasteiger partial charge in [0.05, 0.1) is 5.56 Å². The number of rotatable bonds is 3. The van der Waals surface area contributed by atoms with Gasteiger partial charge in [0, 0.05) is 35.4 Å². The summed E-state index contributed by atoms with van der Waals surface area (Å²) in [5.41, 5.74) is 1.98. The zero-order valence-electron chi connectivity index (χ0n) is 12.3. The highest BCUT2D eigenvalue weighted by atomic mass is 32.1. The summed E-state index contributed by atoms with van der Waals surface area (Å²) in [6.07, 6.45) is 2.12. The minimum Gasteiger partial charge on any atom is -0.349 e. The van der Waals surface area contributed by atoms with Gasteiger partial charge in [-0.05, 0) is 46.1 Å². The second-order valence-corrected chi connectivity index (χ2v) is 6.79. The quantitative estimate of drug-likeness (QED) is 0.923. The molecule has 0 spiro atoms. The third kappa shape index (κ3) is 3.37. The maximum Gasteiger partial charge on any atom is 0.252 e. The highest BCUT2D eigenvalue weighted by Crippen LogP contribution is 2.21. The average Bonchev–Trinajstić information content (AvgIpc) is 2.70. The summed E-state index contributed by atoms with van der Waals surface area (Å²) >= 11 is 1.66.